The number of nitrogens with one attached hydrogen (secondary N) is 1. The van der Waals surface area contributed by atoms with E-state index in [1.54, 1.807) is 6.20 Å². The molecular formula is C15H13IN2O2. The van der Waals surface area contributed by atoms with Gasteiger partial charge in [-0.05, 0) is 39.8 Å². The number of halogens is 1. The lowest BCUT2D eigenvalue weighted by atomic mass is 10.1. The first-order valence-corrected chi connectivity index (χ1v) is 7.07. The first-order chi connectivity index (χ1) is 9.65. The molecule has 102 valence electrons. The summed E-state index contributed by atoms with van der Waals surface area (Å²) in [6, 6.07) is 11.6. The Morgan fingerprint density at radius 2 is 2.00 bits per heavy atom. The Morgan fingerprint density at radius 1 is 1.25 bits per heavy atom. The molecule has 1 heterocycles. The van der Waals surface area contributed by atoms with Crippen molar-refractivity contribution in [2.75, 3.05) is 0 Å². The SMILES string of the molecule is O=C(O)NCc1ccc(C=Cc2cccnc2I)cc1. The van der Waals surface area contributed by atoms with Crippen LogP contribution in [-0.4, -0.2) is 16.2 Å². The van der Waals surface area contributed by atoms with Crippen LogP contribution < -0.4 is 5.32 Å². The second-order valence-electron chi connectivity index (χ2n) is 4.12. The molecule has 20 heavy (non-hydrogen) atoms. The second-order valence-corrected chi connectivity index (χ2v) is 5.14. The second kappa shape index (κ2) is 7.04. The predicted octanol–water partition coefficient (Wildman–Crippen LogP) is 3.62. The molecule has 2 N–H and O–H groups in total. The van der Waals surface area contributed by atoms with E-state index in [0.717, 1.165) is 20.4 Å². The highest BCUT2D eigenvalue weighted by Gasteiger charge is 1.97. The lowest BCUT2D eigenvalue weighted by molar-refractivity contribution is 0.194. The van der Waals surface area contributed by atoms with Crippen molar-refractivity contribution in [1.82, 2.24) is 10.3 Å². The van der Waals surface area contributed by atoms with Gasteiger partial charge < -0.3 is 10.4 Å². The average Bonchev–Trinajstić information content (AvgIpc) is 2.45. The summed E-state index contributed by atoms with van der Waals surface area (Å²) in [5.41, 5.74) is 3.06. The zero-order chi connectivity index (χ0) is 14.4. The van der Waals surface area contributed by atoms with Gasteiger partial charge in [-0.2, -0.15) is 0 Å². The third-order valence-electron chi connectivity index (χ3n) is 2.67. The van der Waals surface area contributed by atoms with Crippen molar-refractivity contribution >= 4 is 40.8 Å². The minimum atomic E-state index is -1.01. The van der Waals surface area contributed by atoms with Gasteiger partial charge in [-0.1, -0.05) is 42.5 Å². The molecule has 0 saturated heterocycles. The molecule has 0 fully saturated rings. The third-order valence-corrected chi connectivity index (χ3v) is 3.57. The van der Waals surface area contributed by atoms with Crippen LogP contribution in [0.5, 0.6) is 0 Å². The Kier molecular flexibility index (Phi) is 5.11. The smallest absolute Gasteiger partial charge is 0.404 e. The molecular weight excluding hydrogens is 367 g/mol. The Morgan fingerprint density at radius 3 is 2.65 bits per heavy atom. The number of amides is 1. The minimum absolute atomic E-state index is 0.319. The molecule has 1 amide bonds. The average molecular weight is 380 g/mol. The van der Waals surface area contributed by atoms with Gasteiger partial charge in [0, 0.05) is 18.3 Å². The topological polar surface area (TPSA) is 62.2 Å². The van der Waals surface area contributed by atoms with E-state index in [0.29, 0.717) is 6.54 Å². The summed E-state index contributed by atoms with van der Waals surface area (Å²) in [7, 11) is 0. The highest BCUT2D eigenvalue weighted by atomic mass is 127. The Labute approximate surface area is 130 Å². The molecule has 0 bridgehead atoms. The number of benzene rings is 1. The quantitative estimate of drug-likeness (QED) is 0.629. The van der Waals surface area contributed by atoms with Crippen molar-refractivity contribution in [3.63, 3.8) is 0 Å². The summed E-state index contributed by atoms with van der Waals surface area (Å²) in [4.78, 5) is 14.6. The van der Waals surface area contributed by atoms with Crippen molar-refractivity contribution in [3.05, 3.63) is 63.0 Å². The molecule has 0 atom stereocenters. The van der Waals surface area contributed by atoms with Gasteiger partial charge in [0.15, 0.2) is 0 Å². The molecule has 2 aromatic rings. The minimum Gasteiger partial charge on any atom is -0.465 e. The summed E-state index contributed by atoms with van der Waals surface area (Å²) >= 11 is 2.20. The third kappa shape index (κ3) is 4.34. The van der Waals surface area contributed by atoms with Crippen LogP contribution in [0.25, 0.3) is 12.2 Å². The van der Waals surface area contributed by atoms with Crippen LogP contribution in [0.2, 0.25) is 0 Å². The summed E-state index contributed by atoms with van der Waals surface area (Å²) in [6.45, 7) is 0.319. The number of hydrogen-bond acceptors (Lipinski definition) is 2. The number of pyridine rings is 1. The van der Waals surface area contributed by atoms with Crippen LogP contribution in [0.4, 0.5) is 4.79 Å². The number of hydrogen-bond donors (Lipinski definition) is 2. The summed E-state index contributed by atoms with van der Waals surface area (Å²) < 4.78 is 0.962. The molecule has 0 spiro atoms. The van der Waals surface area contributed by atoms with Gasteiger partial charge in [-0.25, -0.2) is 9.78 Å². The maximum Gasteiger partial charge on any atom is 0.404 e. The van der Waals surface area contributed by atoms with Crippen molar-refractivity contribution in [2.45, 2.75) is 6.54 Å². The number of nitrogens with zero attached hydrogens (tertiary/aromatic N) is 1. The summed E-state index contributed by atoms with van der Waals surface area (Å²) in [6.07, 6.45) is 4.77. The Balaban J connectivity index is 2.04. The fourth-order valence-corrected chi connectivity index (χ4v) is 2.15. The molecule has 1 aromatic heterocycles. The zero-order valence-corrected chi connectivity index (χ0v) is 12.7. The molecule has 0 aliphatic rings. The fraction of sp³-hybridized carbons (Fsp3) is 0.0667. The molecule has 0 aliphatic heterocycles. The van der Waals surface area contributed by atoms with Gasteiger partial charge in [-0.3, -0.25) is 0 Å². The molecule has 0 aliphatic carbocycles. The van der Waals surface area contributed by atoms with Gasteiger partial charge in [0.1, 0.15) is 3.70 Å². The highest BCUT2D eigenvalue weighted by Crippen LogP contribution is 2.13. The lowest BCUT2D eigenvalue weighted by Crippen LogP contribution is -2.19. The van der Waals surface area contributed by atoms with Crippen LogP contribution in [0.1, 0.15) is 16.7 Å². The molecule has 0 saturated carbocycles. The van der Waals surface area contributed by atoms with E-state index in [4.69, 9.17) is 5.11 Å². The van der Waals surface area contributed by atoms with E-state index in [-0.39, 0.29) is 0 Å². The van der Waals surface area contributed by atoms with E-state index in [1.165, 1.54) is 0 Å². The normalized spacial score (nSPS) is 10.7. The number of carboxylic acid groups (broad SMARTS) is 1. The fourth-order valence-electron chi connectivity index (χ4n) is 1.63. The van der Waals surface area contributed by atoms with Crippen LogP contribution in [0.3, 0.4) is 0 Å². The van der Waals surface area contributed by atoms with Crippen molar-refractivity contribution in [1.29, 1.82) is 0 Å². The maximum absolute atomic E-state index is 10.4. The number of rotatable bonds is 4. The summed E-state index contributed by atoms with van der Waals surface area (Å²) in [5, 5.41) is 10.9. The predicted molar refractivity (Wildman–Crippen MR) is 87.2 cm³/mol. The number of carbonyl (C=O) groups is 1. The highest BCUT2D eigenvalue weighted by molar-refractivity contribution is 14.1. The zero-order valence-electron chi connectivity index (χ0n) is 10.6. The van der Waals surface area contributed by atoms with E-state index in [9.17, 15) is 4.79 Å². The van der Waals surface area contributed by atoms with Crippen molar-refractivity contribution < 1.29 is 9.90 Å². The molecule has 1 aromatic carbocycles. The molecule has 5 heteroatoms. The van der Waals surface area contributed by atoms with E-state index >= 15 is 0 Å². The van der Waals surface area contributed by atoms with E-state index < -0.39 is 6.09 Å². The summed E-state index contributed by atoms with van der Waals surface area (Å²) in [5.74, 6) is 0. The lowest BCUT2D eigenvalue weighted by Gasteiger charge is -2.02. The number of aromatic nitrogens is 1. The van der Waals surface area contributed by atoms with Gasteiger partial charge in [0.2, 0.25) is 0 Å². The van der Waals surface area contributed by atoms with Crippen LogP contribution in [0.15, 0.2) is 42.6 Å². The van der Waals surface area contributed by atoms with Gasteiger partial charge in [-0.15, -0.1) is 0 Å². The van der Waals surface area contributed by atoms with Crippen LogP contribution >= 0.6 is 22.6 Å². The molecule has 0 radical (unpaired) electrons. The van der Waals surface area contributed by atoms with Crippen molar-refractivity contribution in [2.24, 2.45) is 0 Å². The molecule has 2 rings (SSSR count). The van der Waals surface area contributed by atoms with E-state index in [2.05, 4.69) is 32.9 Å². The van der Waals surface area contributed by atoms with Gasteiger partial charge in [0.05, 0.1) is 0 Å². The first kappa shape index (κ1) is 14.5. The largest absolute Gasteiger partial charge is 0.465 e. The van der Waals surface area contributed by atoms with E-state index in [1.807, 2.05) is 48.6 Å². The first-order valence-electron chi connectivity index (χ1n) is 5.99. The van der Waals surface area contributed by atoms with Crippen LogP contribution in [-0.2, 0) is 6.54 Å². The van der Waals surface area contributed by atoms with Crippen LogP contribution in [0, 0.1) is 3.70 Å². The Bertz CT molecular complexity index is 624. The monoisotopic (exact) mass is 380 g/mol. The molecule has 0 unspecified atom stereocenters. The standard InChI is InChI=1S/C15H13IN2O2/c16-14-13(2-1-9-17-14)8-7-11-3-5-12(6-4-11)10-18-15(19)20/h1-9,18H,10H2,(H,19,20). The van der Waals surface area contributed by atoms with Gasteiger partial charge in [0.25, 0.3) is 0 Å². The molecule has 4 nitrogen and oxygen atoms in total. The maximum atomic E-state index is 10.4. The Hall–Kier alpha value is -1.89. The van der Waals surface area contributed by atoms with Crippen molar-refractivity contribution in [3.8, 4) is 0 Å². The van der Waals surface area contributed by atoms with Gasteiger partial charge >= 0.3 is 6.09 Å².